The van der Waals surface area contributed by atoms with Crippen LogP contribution in [-0.4, -0.2) is 40.2 Å². The van der Waals surface area contributed by atoms with E-state index in [0.717, 1.165) is 42.7 Å². The molecule has 234 valence electrons. The summed E-state index contributed by atoms with van der Waals surface area (Å²) in [7, 11) is 0. The molecule has 3 aromatic carbocycles. The smallest absolute Gasteiger partial charge is 0.301 e. The van der Waals surface area contributed by atoms with Crippen LogP contribution in [0.1, 0.15) is 55.8 Å². The number of aliphatic hydroxyl groups is 1. The topological polar surface area (TPSA) is 102 Å². The highest BCUT2D eigenvalue weighted by molar-refractivity contribution is 8.00. The Bertz CT molecular complexity index is 1710. The molecule has 0 bridgehead atoms. The Morgan fingerprint density at radius 1 is 0.978 bits per heavy atom. The number of ether oxygens (including phenoxy) is 2. The number of aliphatic hydroxyl groups excluding tert-OH is 1. The third-order valence-corrected chi connectivity index (χ3v) is 9.17. The van der Waals surface area contributed by atoms with Gasteiger partial charge in [-0.3, -0.25) is 14.5 Å². The third-order valence-electron chi connectivity index (χ3n) is 7.06. The Kier molecular flexibility index (Phi) is 10.5. The summed E-state index contributed by atoms with van der Waals surface area (Å²) in [4.78, 5) is 28.4. The number of ketones is 1. The second-order valence-electron chi connectivity index (χ2n) is 10.1. The second-order valence-corrected chi connectivity index (χ2v) is 12.3. The number of anilines is 1. The summed E-state index contributed by atoms with van der Waals surface area (Å²) < 4.78 is 40.2. The molecular weight excluding hydrogens is 621 g/mol. The zero-order valence-electron chi connectivity index (χ0n) is 24.7. The number of amides is 1. The van der Waals surface area contributed by atoms with Gasteiger partial charge >= 0.3 is 5.91 Å². The lowest BCUT2D eigenvalue weighted by Crippen LogP contribution is -2.29. The van der Waals surface area contributed by atoms with E-state index in [9.17, 15) is 23.5 Å². The molecule has 5 rings (SSSR count). The molecule has 1 atom stereocenters. The first-order chi connectivity index (χ1) is 21.8. The number of halogens is 2. The zero-order chi connectivity index (χ0) is 31.9. The number of aromatic nitrogens is 2. The van der Waals surface area contributed by atoms with Crippen LogP contribution in [0, 0.1) is 11.6 Å². The molecule has 1 aliphatic rings. The maximum Gasteiger partial charge on any atom is 0.301 e. The van der Waals surface area contributed by atoms with Gasteiger partial charge in [-0.1, -0.05) is 67.1 Å². The number of rotatable bonds is 13. The molecule has 0 aliphatic carbocycles. The van der Waals surface area contributed by atoms with Gasteiger partial charge in [-0.2, -0.15) is 0 Å². The van der Waals surface area contributed by atoms with Crippen LogP contribution >= 0.6 is 23.1 Å². The lowest BCUT2D eigenvalue weighted by Gasteiger charge is -2.23. The molecule has 1 aromatic heterocycles. The molecule has 1 saturated heterocycles. The Morgan fingerprint density at radius 3 is 2.49 bits per heavy atom. The lowest BCUT2D eigenvalue weighted by molar-refractivity contribution is -0.132. The molecule has 1 amide bonds. The van der Waals surface area contributed by atoms with E-state index in [4.69, 9.17) is 9.47 Å². The van der Waals surface area contributed by atoms with Gasteiger partial charge in [0.15, 0.2) is 15.8 Å². The molecule has 8 nitrogen and oxygen atoms in total. The van der Waals surface area contributed by atoms with E-state index < -0.39 is 29.3 Å². The number of nitrogens with zero attached hydrogens (tertiary/aromatic N) is 3. The number of carbonyl (C=O) groups excluding carboxylic acids is 2. The molecule has 0 spiro atoms. The zero-order valence-corrected chi connectivity index (χ0v) is 26.3. The predicted molar refractivity (Wildman–Crippen MR) is 170 cm³/mol. The quantitative estimate of drug-likeness (QED) is 0.0392. The van der Waals surface area contributed by atoms with Gasteiger partial charge in [0.2, 0.25) is 5.13 Å². The van der Waals surface area contributed by atoms with Crippen LogP contribution in [0.3, 0.4) is 0 Å². The fourth-order valence-corrected chi connectivity index (χ4v) is 6.69. The summed E-state index contributed by atoms with van der Waals surface area (Å²) in [5.41, 5.74) is 0.914. The van der Waals surface area contributed by atoms with Crippen LogP contribution in [0.25, 0.3) is 5.76 Å². The highest BCUT2D eigenvalue weighted by atomic mass is 32.2. The van der Waals surface area contributed by atoms with Crippen molar-refractivity contribution in [2.45, 2.75) is 49.2 Å². The van der Waals surface area contributed by atoms with Crippen molar-refractivity contribution < 1.29 is 33.0 Å². The van der Waals surface area contributed by atoms with Gasteiger partial charge in [0, 0.05) is 11.3 Å². The van der Waals surface area contributed by atoms with E-state index in [1.807, 2.05) is 6.92 Å². The molecule has 12 heteroatoms. The first-order valence-electron chi connectivity index (χ1n) is 14.5. The summed E-state index contributed by atoms with van der Waals surface area (Å²) in [6.45, 7) is 4.76. The second kappa shape index (κ2) is 14.7. The number of thioether (sulfide) groups is 1. The van der Waals surface area contributed by atoms with Crippen molar-refractivity contribution in [2.24, 2.45) is 0 Å². The van der Waals surface area contributed by atoms with Crippen LogP contribution < -0.4 is 14.4 Å². The van der Waals surface area contributed by atoms with E-state index in [0.29, 0.717) is 40.2 Å². The summed E-state index contributed by atoms with van der Waals surface area (Å²) in [6.07, 6.45) is 2.93. The number of carbonyl (C=O) groups is 2. The fraction of sp³-hybridized carbons (Fsp3) is 0.273. The van der Waals surface area contributed by atoms with E-state index >= 15 is 0 Å². The van der Waals surface area contributed by atoms with Crippen molar-refractivity contribution in [1.82, 2.24) is 10.2 Å². The van der Waals surface area contributed by atoms with E-state index in [-0.39, 0.29) is 27.8 Å². The van der Waals surface area contributed by atoms with Gasteiger partial charge in [0.05, 0.1) is 24.8 Å². The number of hydrogen-bond acceptors (Lipinski definition) is 9. The molecule has 1 unspecified atom stereocenters. The molecule has 1 aliphatic heterocycles. The number of benzene rings is 3. The van der Waals surface area contributed by atoms with Gasteiger partial charge in [-0.15, -0.1) is 10.2 Å². The monoisotopic (exact) mass is 651 g/mol. The Morgan fingerprint density at radius 2 is 1.76 bits per heavy atom. The maximum atomic E-state index is 14.2. The van der Waals surface area contributed by atoms with Crippen molar-refractivity contribution >= 4 is 45.7 Å². The molecule has 2 heterocycles. The van der Waals surface area contributed by atoms with Gasteiger partial charge < -0.3 is 14.6 Å². The van der Waals surface area contributed by atoms with Gasteiger partial charge in [0.1, 0.15) is 17.4 Å². The Labute approximate surface area is 267 Å². The minimum absolute atomic E-state index is 0.120. The van der Waals surface area contributed by atoms with E-state index in [1.54, 1.807) is 36.4 Å². The normalized spacial score (nSPS) is 15.9. The highest BCUT2D eigenvalue weighted by Gasteiger charge is 2.48. The Hall–Kier alpha value is -4.29. The molecule has 4 aromatic rings. The van der Waals surface area contributed by atoms with E-state index in [2.05, 4.69) is 17.1 Å². The summed E-state index contributed by atoms with van der Waals surface area (Å²) >= 11 is 2.31. The molecule has 0 saturated carbocycles. The standard InChI is InChI=1S/C33H31F2N3O5S2/c1-3-5-8-17-43-25-16-13-21(18-26(25)42-4-2)28-27(29(39)20-11-14-23(34)15-12-20)30(40)31(41)38(28)32-36-37-33(45-32)44-19-22-9-6-7-10-24(22)35/h6-7,9-16,18,28,39H,3-5,8,17,19H2,1-2H3/b29-27+. The van der Waals surface area contributed by atoms with Crippen LogP contribution in [0.4, 0.5) is 13.9 Å². The van der Waals surface area contributed by atoms with Crippen LogP contribution in [-0.2, 0) is 15.3 Å². The van der Waals surface area contributed by atoms with E-state index in [1.165, 1.54) is 34.9 Å². The summed E-state index contributed by atoms with van der Waals surface area (Å²) in [6, 6.07) is 15.3. The average Bonchev–Trinajstić information content (AvgIpc) is 3.61. The third kappa shape index (κ3) is 7.18. The first kappa shape index (κ1) is 32.1. The average molecular weight is 652 g/mol. The van der Waals surface area contributed by atoms with Crippen molar-refractivity contribution in [2.75, 3.05) is 18.1 Å². The molecule has 1 N–H and O–H groups in total. The van der Waals surface area contributed by atoms with Gasteiger partial charge in [-0.25, -0.2) is 8.78 Å². The molecule has 45 heavy (non-hydrogen) atoms. The maximum absolute atomic E-state index is 14.2. The fourth-order valence-electron chi connectivity index (χ4n) is 4.84. The minimum Gasteiger partial charge on any atom is -0.507 e. The SMILES string of the molecule is CCCCCOc1ccc(C2/C(=C(\O)c3ccc(F)cc3)C(=O)C(=O)N2c2nnc(SCc3ccccc3F)s2)cc1OCC. The number of unbranched alkanes of at least 4 members (excludes halogenated alkanes) is 2. The van der Waals surface area contributed by atoms with Gasteiger partial charge in [-0.05, 0) is 66.9 Å². The Balaban J connectivity index is 1.55. The number of Topliss-reactive ketones (excluding diaryl/α,β-unsaturated/α-hetero) is 1. The number of hydrogen-bond donors (Lipinski definition) is 1. The highest BCUT2D eigenvalue weighted by Crippen LogP contribution is 2.45. The van der Waals surface area contributed by atoms with Crippen LogP contribution in [0.15, 0.2) is 76.6 Å². The summed E-state index contributed by atoms with van der Waals surface area (Å²) in [5, 5.41) is 19.9. The summed E-state index contributed by atoms with van der Waals surface area (Å²) in [5.74, 6) is -1.97. The van der Waals surface area contributed by atoms with Gasteiger partial charge in [0.25, 0.3) is 5.78 Å². The minimum atomic E-state index is -1.11. The first-order valence-corrected chi connectivity index (χ1v) is 16.3. The molecule has 1 fully saturated rings. The van der Waals surface area contributed by atoms with Crippen molar-refractivity contribution in [1.29, 1.82) is 0 Å². The largest absolute Gasteiger partial charge is 0.507 e. The van der Waals surface area contributed by atoms with Crippen molar-refractivity contribution in [3.05, 3.63) is 101 Å². The van der Waals surface area contributed by atoms with Crippen molar-refractivity contribution in [3.63, 3.8) is 0 Å². The molecular formula is C33H31F2N3O5S2. The van der Waals surface area contributed by atoms with Crippen LogP contribution in [0.5, 0.6) is 11.5 Å². The molecule has 0 radical (unpaired) electrons. The van der Waals surface area contributed by atoms with Crippen molar-refractivity contribution in [3.8, 4) is 11.5 Å². The van der Waals surface area contributed by atoms with Crippen LogP contribution in [0.2, 0.25) is 0 Å². The predicted octanol–water partition coefficient (Wildman–Crippen LogP) is 7.70. The lowest BCUT2D eigenvalue weighted by atomic mass is 9.95.